The molecule has 0 aromatic heterocycles. The van der Waals surface area contributed by atoms with Crippen molar-refractivity contribution in [3.63, 3.8) is 0 Å². The van der Waals surface area contributed by atoms with Gasteiger partial charge in [-0.05, 0) is 5.56 Å². The van der Waals surface area contributed by atoms with E-state index < -0.39 is 7.94 Å². The van der Waals surface area contributed by atoms with E-state index in [9.17, 15) is 0 Å². The van der Waals surface area contributed by atoms with Gasteiger partial charge in [0.05, 0.1) is 0 Å². The van der Waals surface area contributed by atoms with Crippen LogP contribution in [0.4, 0.5) is 0 Å². The van der Waals surface area contributed by atoms with Crippen LogP contribution in [0.3, 0.4) is 0 Å². The maximum absolute atomic E-state index is 8.88. The molecule has 1 aromatic carbocycles. The molecule has 0 fully saturated rings. The first kappa shape index (κ1) is 19.6. The van der Waals surface area contributed by atoms with Gasteiger partial charge in [-0.3, -0.25) is 0 Å². The summed E-state index contributed by atoms with van der Waals surface area (Å²) in [4.78, 5) is 26.7. The molecule has 128 valence electrons. The number of rotatable bonds is 13. The minimum Gasteiger partial charge on any atom is -0.0622 e. The molecule has 3 N–H and O–H groups in total. The summed E-state index contributed by atoms with van der Waals surface area (Å²) >= 11 is 0. The second-order valence-electron chi connectivity index (χ2n) is 6.30. The van der Waals surface area contributed by atoms with Gasteiger partial charge < -0.3 is 0 Å². The van der Waals surface area contributed by atoms with Gasteiger partial charge in [-0.25, -0.2) is 0 Å². The SMILES string of the molecule is O[PH](O)(O)CCCCCCCCCCCCc1ccccc1. The number of hydrogen-bond acceptors (Lipinski definition) is 3. The Morgan fingerprint density at radius 3 is 1.55 bits per heavy atom. The molecule has 1 rings (SSSR count). The van der Waals surface area contributed by atoms with Crippen molar-refractivity contribution in [1.82, 2.24) is 0 Å². The summed E-state index contributed by atoms with van der Waals surface area (Å²) in [5, 5.41) is 0. The Labute approximate surface area is 136 Å². The molecular weight excluding hydrogens is 295 g/mol. The maximum atomic E-state index is 8.88. The van der Waals surface area contributed by atoms with Crippen molar-refractivity contribution in [3.05, 3.63) is 35.9 Å². The smallest absolute Gasteiger partial charge is 0.0622 e. The van der Waals surface area contributed by atoms with Crippen LogP contribution >= 0.6 is 7.94 Å². The van der Waals surface area contributed by atoms with Crippen molar-refractivity contribution in [1.29, 1.82) is 0 Å². The van der Waals surface area contributed by atoms with Gasteiger partial charge in [-0.15, -0.1) is 0 Å². The summed E-state index contributed by atoms with van der Waals surface area (Å²) in [5.41, 5.74) is 1.45. The zero-order chi connectivity index (χ0) is 16.1. The van der Waals surface area contributed by atoms with Crippen LogP contribution in [0.1, 0.15) is 69.8 Å². The monoisotopic (exact) mass is 328 g/mol. The number of unbranched alkanes of at least 4 members (excludes halogenated alkanes) is 9. The van der Waals surface area contributed by atoms with Crippen molar-refractivity contribution < 1.29 is 14.7 Å². The number of hydrogen-bond donors (Lipinski definition) is 3. The van der Waals surface area contributed by atoms with Crippen LogP contribution in [0.2, 0.25) is 0 Å². The molecule has 0 unspecified atom stereocenters. The van der Waals surface area contributed by atoms with E-state index in [0.29, 0.717) is 0 Å². The van der Waals surface area contributed by atoms with Crippen molar-refractivity contribution >= 4 is 7.94 Å². The molecule has 0 aliphatic carbocycles. The molecule has 22 heavy (non-hydrogen) atoms. The van der Waals surface area contributed by atoms with Gasteiger partial charge in [-0.2, -0.15) is 0 Å². The van der Waals surface area contributed by atoms with Gasteiger partial charge in [0.25, 0.3) is 0 Å². The fourth-order valence-electron chi connectivity index (χ4n) is 2.75. The summed E-state index contributed by atoms with van der Waals surface area (Å²) in [7, 11) is -3.78. The molecule has 4 heteroatoms. The Morgan fingerprint density at radius 1 is 0.591 bits per heavy atom. The summed E-state index contributed by atoms with van der Waals surface area (Å²) in [6.07, 6.45) is 13.3. The molecule has 0 aliphatic rings. The summed E-state index contributed by atoms with van der Waals surface area (Å²) in [6.45, 7) is 0. The minimum absolute atomic E-state index is 0.189. The summed E-state index contributed by atoms with van der Waals surface area (Å²) in [5.74, 6) is 0. The molecular formula is C18H33O3P. The van der Waals surface area contributed by atoms with Gasteiger partial charge >= 0.3 is 99.4 Å². The Hall–Kier alpha value is -0.470. The molecule has 0 radical (unpaired) electrons. The Morgan fingerprint density at radius 2 is 1.05 bits per heavy atom. The van der Waals surface area contributed by atoms with Gasteiger partial charge in [0, 0.05) is 0 Å². The van der Waals surface area contributed by atoms with Crippen LogP contribution in [-0.4, -0.2) is 20.8 Å². The molecule has 3 nitrogen and oxygen atoms in total. The van der Waals surface area contributed by atoms with E-state index in [1.807, 2.05) is 0 Å². The van der Waals surface area contributed by atoms with Crippen LogP contribution in [-0.2, 0) is 6.42 Å². The molecule has 0 bridgehead atoms. The van der Waals surface area contributed by atoms with Crippen molar-refractivity contribution in [2.45, 2.75) is 70.6 Å². The standard InChI is InChI=1S/C18H33O3P/c19-22(20,21)17-13-8-6-4-2-1-3-5-7-10-14-18-15-11-9-12-16-18/h9,11-12,15-16,19-22H,1-8,10,13-14,17H2. The molecule has 0 saturated heterocycles. The quantitative estimate of drug-likeness (QED) is 0.366. The van der Waals surface area contributed by atoms with Crippen LogP contribution in [0.25, 0.3) is 0 Å². The molecule has 1 aromatic rings. The zero-order valence-corrected chi connectivity index (χ0v) is 14.7. The third-order valence-electron chi connectivity index (χ3n) is 4.07. The summed E-state index contributed by atoms with van der Waals surface area (Å²) < 4.78 is 0. The van der Waals surface area contributed by atoms with E-state index in [-0.39, 0.29) is 6.16 Å². The molecule has 0 atom stereocenters. The first-order chi connectivity index (χ1) is 10.6. The van der Waals surface area contributed by atoms with Gasteiger partial charge in [-0.1, -0.05) is 30.3 Å². The molecule has 0 saturated carbocycles. The summed E-state index contributed by atoms with van der Waals surface area (Å²) in [6, 6.07) is 10.7. The van der Waals surface area contributed by atoms with E-state index in [2.05, 4.69) is 30.3 Å². The van der Waals surface area contributed by atoms with Crippen molar-refractivity contribution in [2.24, 2.45) is 0 Å². The van der Waals surface area contributed by atoms with E-state index in [1.54, 1.807) is 0 Å². The van der Waals surface area contributed by atoms with E-state index >= 15 is 0 Å². The fraction of sp³-hybridized carbons (Fsp3) is 0.667. The third-order valence-corrected chi connectivity index (χ3v) is 5.09. The van der Waals surface area contributed by atoms with Crippen LogP contribution in [0.5, 0.6) is 0 Å². The molecule has 0 spiro atoms. The molecule has 0 heterocycles. The van der Waals surface area contributed by atoms with E-state index in [0.717, 1.165) is 19.3 Å². The second-order valence-corrected chi connectivity index (χ2v) is 8.34. The zero-order valence-electron chi connectivity index (χ0n) is 13.7. The molecule has 0 aliphatic heterocycles. The van der Waals surface area contributed by atoms with Crippen molar-refractivity contribution in [2.75, 3.05) is 6.16 Å². The second kappa shape index (κ2) is 12.0. The van der Waals surface area contributed by atoms with E-state index in [1.165, 1.54) is 56.9 Å². The first-order valence-electron chi connectivity index (χ1n) is 8.79. The normalized spacial score (nSPS) is 12.5. The van der Waals surface area contributed by atoms with Gasteiger partial charge in [0.1, 0.15) is 0 Å². The fourth-order valence-corrected chi connectivity index (χ4v) is 3.47. The van der Waals surface area contributed by atoms with Gasteiger partial charge in [0.15, 0.2) is 0 Å². The van der Waals surface area contributed by atoms with Crippen molar-refractivity contribution in [3.8, 4) is 0 Å². The van der Waals surface area contributed by atoms with Crippen LogP contribution in [0, 0.1) is 0 Å². The first-order valence-corrected chi connectivity index (χ1v) is 10.8. The van der Waals surface area contributed by atoms with E-state index in [4.69, 9.17) is 14.7 Å². The average Bonchev–Trinajstić information content (AvgIpc) is 2.48. The number of aryl methyl sites for hydroxylation is 1. The minimum atomic E-state index is -3.78. The van der Waals surface area contributed by atoms with Gasteiger partial charge in [0.2, 0.25) is 0 Å². The Balaban J connectivity index is 1.78. The third kappa shape index (κ3) is 12.1. The molecule has 0 amide bonds. The number of benzene rings is 1. The Bertz CT molecular complexity index is 362. The van der Waals surface area contributed by atoms with Crippen LogP contribution in [0.15, 0.2) is 30.3 Å². The predicted molar refractivity (Wildman–Crippen MR) is 96.2 cm³/mol. The predicted octanol–water partition coefficient (Wildman–Crippen LogP) is 4.60. The topological polar surface area (TPSA) is 60.7 Å². The Kier molecular flexibility index (Phi) is 10.7. The van der Waals surface area contributed by atoms with Crippen LogP contribution < -0.4 is 0 Å². The average molecular weight is 328 g/mol.